The van der Waals surface area contributed by atoms with Crippen LogP contribution in [0.1, 0.15) is 20.8 Å². The minimum atomic E-state index is -0.362. The Morgan fingerprint density at radius 1 is 1.35 bits per heavy atom. The van der Waals surface area contributed by atoms with Gasteiger partial charge in [0.05, 0.1) is 12.3 Å². The van der Waals surface area contributed by atoms with E-state index in [1.165, 1.54) is 0 Å². The summed E-state index contributed by atoms with van der Waals surface area (Å²) in [5.41, 5.74) is -0.121. The summed E-state index contributed by atoms with van der Waals surface area (Å²) in [7, 11) is 0. The molecule has 2 rings (SSSR count). The van der Waals surface area contributed by atoms with Crippen molar-refractivity contribution in [2.24, 2.45) is 5.41 Å². The summed E-state index contributed by atoms with van der Waals surface area (Å²) < 4.78 is 5.45. The van der Waals surface area contributed by atoms with Crippen molar-refractivity contribution >= 4 is 5.91 Å². The van der Waals surface area contributed by atoms with Crippen molar-refractivity contribution in [2.45, 2.75) is 26.9 Å². The molecule has 1 amide bonds. The lowest BCUT2D eigenvalue weighted by atomic mass is 9.89. The van der Waals surface area contributed by atoms with E-state index in [2.05, 4.69) is 9.88 Å². The summed E-state index contributed by atoms with van der Waals surface area (Å²) in [6.45, 7) is 9.71. The molecule has 1 aliphatic heterocycles. The zero-order chi connectivity index (χ0) is 16.9. The Balaban J connectivity index is 1.72. The first kappa shape index (κ1) is 17.7. The molecule has 1 fully saturated rings. The minimum Gasteiger partial charge on any atom is -0.482 e. The van der Waals surface area contributed by atoms with Gasteiger partial charge in [-0.3, -0.25) is 14.7 Å². The lowest BCUT2D eigenvalue weighted by Crippen LogP contribution is -2.52. The van der Waals surface area contributed by atoms with E-state index in [0.717, 1.165) is 13.1 Å². The Bertz CT molecular complexity index is 494. The van der Waals surface area contributed by atoms with Crippen LogP contribution in [0.25, 0.3) is 0 Å². The number of rotatable bonds is 5. The van der Waals surface area contributed by atoms with Crippen LogP contribution < -0.4 is 4.74 Å². The van der Waals surface area contributed by atoms with E-state index in [1.807, 2.05) is 25.7 Å². The highest BCUT2D eigenvalue weighted by Crippen LogP contribution is 2.20. The number of pyridine rings is 1. The van der Waals surface area contributed by atoms with E-state index in [-0.39, 0.29) is 24.0 Å². The van der Waals surface area contributed by atoms with Gasteiger partial charge in [-0.05, 0) is 17.5 Å². The van der Waals surface area contributed by atoms with Crippen molar-refractivity contribution in [1.29, 1.82) is 0 Å². The molecule has 1 aliphatic rings. The molecule has 0 saturated carbocycles. The van der Waals surface area contributed by atoms with Crippen LogP contribution in [0.2, 0.25) is 0 Å². The SMILES string of the molecule is CC(C)(C)[C@@H](O)CN1CCN(C(=O)COc2cccnc2)CC1. The third-order valence-electron chi connectivity index (χ3n) is 4.15. The molecule has 1 N–H and O–H groups in total. The molecule has 1 atom stereocenters. The normalized spacial score (nSPS) is 17.8. The Morgan fingerprint density at radius 3 is 2.61 bits per heavy atom. The lowest BCUT2D eigenvalue weighted by Gasteiger charge is -2.37. The van der Waals surface area contributed by atoms with Gasteiger partial charge in [-0.15, -0.1) is 0 Å². The second-order valence-electron chi connectivity index (χ2n) is 7.04. The standard InChI is InChI=1S/C17H27N3O3/c1-17(2,3)15(21)12-19-7-9-20(10-8-19)16(22)13-23-14-5-4-6-18-11-14/h4-6,11,15,21H,7-10,12-13H2,1-3H3/t15-/m0/s1. The third kappa shape index (κ3) is 5.48. The van der Waals surface area contributed by atoms with Crippen LogP contribution in [0.4, 0.5) is 0 Å². The van der Waals surface area contributed by atoms with Gasteiger partial charge in [0, 0.05) is 38.9 Å². The van der Waals surface area contributed by atoms with Gasteiger partial charge in [0.2, 0.25) is 0 Å². The van der Waals surface area contributed by atoms with E-state index in [0.29, 0.717) is 25.4 Å². The fourth-order valence-electron chi connectivity index (χ4n) is 2.37. The topological polar surface area (TPSA) is 65.9 Å². The van der Waals surface area contributed by atoms with Gasteiger partial charge < -0.3 is 14.7 Å². The van der Waals surface area contributed by atoms with Gasteiger partial charge in [-0.2, -0.15) is 0 Å². The molecule has 0 aliphatic carbocycles. The Kier molecular flexibility index (Phi) is 5.96. The summed E-state index contributed by atoms with van der Waals surface area (Å²) in [5, 5.41) is 10.2. The summed E-state index contributed by atoms with van der Waals surface area (Å²) in [6, 6.07) is 3.56. The van der Waals surface area contributed by atoms with Crippen LogP contribution in [0.5, 0.6) is 5.75 Å². The van der Waals surface area contributed by atoms with Crippen molar-refractivity contribution in [3.05, 3.63) is 24.5 Å². The van der Waals surface area contributed by atoms with Crippen molar-refractivity contribution in [2.75, 3.05) is 39.3 Å². The molecule has 0 radical (unpaired) electrons. The number of amides is 1. The molecule has 23 heavy (non-hydrogen) atoms. The second kappa shape index (κ2) is 7.75. The number of aliphatic hydroxyl groups is 1. The highest BCUT2D eigenvalue weighted by atomic mass is 16.5. The number of carbonyl (C=O) groups is 1. The number of hydrogen-bond acceptors (Lipinski definition) is 5. The Morgan fingerprint density at radius 2 is 2.04 bits per heavy atom. The number of carbonyl (C=O) groups excluding carboxylic acids is 1. The van der Waals surface area contributed by atoms with Crippen molar-refractivity contribution in [3.63, 3.8) is 0 Å². The molecule has 0 aromatic carbocycles. The maximum atomic E-state index is 12.2. The fourth-order valence-corrected chi connectivity index (χ4v) is 2.37. The predicted octanol–water partition coefficient (Wildman–Crippen LogP) is 1.01. The third-order valence-corrected chi connectivity index (χ3v) is 4.15. The molecule has 6 nitrogen and oxygen atoms in total. The molecule has 1 aromatic rings. The smallest absolute Gasteiger partial charge is 0.260 e. The number of aromatic nitrogens is 1. The number of ether oxygens (including phenoxy) is 1. The second-order valence-corrected chi connectivity index (χ2v) is 7.04. The van der Waals surface area contributed by atoms with E-state index in [1.54, 1.807) is 24.5 Å². The quantitative estimate of drug-likeness (QED) is 0.877. The van der Waals surface area contributed by atoms with Crippen molar-refractivity contribution in [1.82, 2.24) is 14.8 Å². The monoisotopic (exact) mass is 321 g/mol. The maximum Gasteiger partial charge on any atom is 0.260 e. The zero-order valence-electron chi connectivity index (χ0n) is 14.2. The molecule has 1 aromatic heterocycles. The summed E-state index contributed by atoms with van der Waals surface area (Å²) in [6.07, 6.45) is 2.90. The highest BCUT2D eigenvalue weighted by molar-refractivity contribution is 5.77. The van der Waals surface area contributed by atoms with Crippen molar-refractivity contribution in [3.8, 4) is 5.75 Å². The number of hydrogen-bond donors (Lipinski definition) is 1. The van der Waals surface area contributed by atoms with Gasteiger partial charge in [-0.25, -0.2) is 0 Å². The van der Waals surface area contributed by atoms with Crippen LogP contribution in [-0.4, -0.2) is 71.2 Å². The average molecular weight is 321 g/mol. The first-order chi connectivity index (χ1) is 10.9. The molecule has 0 bridgehead atoms. The first-order valence-electron chi connectivity index (χ1n) is 8.07. The fraction of sp³-hybridized carbons (Fsp3) is 0.647. The van der Waals surface area contributed by atoms with Gasteiger partial charge in [0.15, 0.2) is 6.61 Å². The van der Waals surface area contributed by atoms with Gasteiger partial charge in [-0.1, -0.05) is 20.8 Å². The number of aliphatic hydroxyl groups excluding tert-OH is 1. The molecule has 1 saturated heterocycles. The first-order valence-corrected chi connectivity index (χ1v) is 8.07. The van der Waals surface area contributed by atoms with E-state index in [4.69, 9.17) is 4.74 Å². The number of piperazine rings is 1. The Hall–Kier alpha value is -1.66. The predicted molar refractivity (Wildman–Crippen MR) is 88.2 cm³/mol. The number of nitrogens with zero attached hydrogens (tertiary/aromatic N) is 3. The van der Waals surface area contributed by atoms with E-state index < -0.39 is 0 Å². The van der Waals surface area contributed by atoms with Gasteiger partial charge in [0.1, 0.15) is 5.75 Å². The van der Waals surface area contributed by atoms with Gasteiger partial charge in [0.25, 0.3) is 5.91 Å². The van der Waals surface area contributed by atoms with Crippen LogP contribution in [0.15, 0.2) is 24.5 Å². The molecular formula is C17H27N3O3. The number of β-amino-alcohol motifs (C(OH)–C–C–N with tert-alkyl or cyclic N) is 1. The Labute approximate surface area is 138 Å². The summed E-state index contributed by atoms with van der Waals surface area (Å²) >= 11 is 0. The molecule has 0 spiro atoms. The van der Waals surface area contributed by atoms with Crippen LogP contribution in [-0.2, 0) is 4.79 Å². The molecule has 6 heteroatoms. The minimum absolute atomic E-state index is 0.00938. The van der Waals surface area contributed by atoms with Crippen LogP contribution in [0, 0.1) is 5.41 Å². The van der Waals surface area contributed by atoms with Crippen LogP contribution in [0.3, 0.4) is 0 Å². The van der Waals surface area contributed by atoms with Gasteiger partial charge >= 0.3 is 0 Å². The molecule has 128 valence electrons. The molecule has 0 unspecified atom stereocenters. The largest absolute Gasteiger partial charge is 0.482 e. The highest BCUT2D eigenvalue weighted by Gasteiger charge is 2.27. The molecule has 2 heterocycles. The van der Waals surface area contributed by atoms with Crippen molar-refractivity contribution < 1.29 is 14.6 Å². The molecular weight excluding hydrogens is 294 g/mol. The summed E-state index contributed by atoms with van der Waals surface area (Å²) in [5.74, 6) is 0.595. The van der Waals surface area contributed by atoms with E-state index >= 15 is 0 Å². The zero-order valence-corrected chi connectivity index (χ0v) is 14.2. The lowest BCUT2D eigenvalue weighted by molar-refractivity contribution is -0.135. The summed E-state index contributed by atoms with van der Waals surface area (Å²) in [4.78, 5) is 20.2. The van der Waals surface area contributed by atoms with E-state index in [9.17, 15) is 9.90 Å². The average Bonchev–Trinajstić information content (AvgIpc) is 2.53. The van der Waals surface area contributed by atoms with Crippen LogP contribution >= 0.6 is 0 Å². The maximum absolute atomic E-state index is 12.2.